The van der Waals surface area contributed by atoms with Crippen LogP contribution in [0.15, 0.2) is 48.5 Å². The molecule has 0 fully saturated rings. The molecule has 0 aliphatic rings. The van der Waals surface area contributed by atoms with E-state index >= 15 is 0 Å². The molecular formula is C21H21ClN2O5. The summed E-state index contributed by atoms with van der Waals surface area (Å²) in [5, 5.41) is 5.61. The van der Waals surface area contributed by atoms with E-state index in [9.17, 15) is 19.2 Å². The van der Waals surface area contributed by atoms with Gasteiger partial charge in [-0.05, 0) is 62.4 Å². The fourth-order valence-electron chi connectivity index (χ4n) is 2.43. The van der Waals surface area contributed by atoms with Crippen LogP contribution in [0.1, 0.15) is 41.5 Å². The van der Waals surface area contributed by atoms with Crippen molar-refractivity contribution in [1.29, 1.82) is 0 Å². The lowest BCUT2D eigenvalue weighted by molar-refractivity contribution is -0.148. The number of rotatable bonds is 7. The fraction of sp³-hybridized carbons (Fsp3) is 0.238. The van der Waals surface area contributed by atoms with Gasteiger partial charge in [-0.1, -0.05) is 11.6 Å². The number of ether oxygens (including phenoxy) is 1. The number of nitrogens with one attached hydrogen (secondary N) is 2. The summed E-state index contributed by atoms with van der Waals surface area (Å²) in [4.78, 5) is 47.9. The molecule has 0 aromatic heterocycles. The molecule has 0 radical (unpaired) electrons. The van der Waals surface area contributed by atoms with Crippen molar-refractivity contribution in [2.45, 2.75) is 32.9 Å². The first kappa shape index (κ1) is 22.1. The van der Waals surface area contributed by atoms with E-state index in [0.717, 1.165) is 0 Å². The molecule has 0 aliphatic carbocycles. The standard InChI is InChI=1S/C21H21ClN2O5/c1-12(23-20(27)16-4-8-17(22)9-5-16)21(28)29-13(2)19(26)15-6-10-18(11-7-15)24-14(3)25/h4-13H,1-3H3,(H,23,27)(H,24,25)/t12-,13+/m0/s1. The topological polar surface area (TPSA) is 102 Å². The van der Waals surface area contributed by atoms with Crippen LogP contribution in [0.3, 0.4) is 0 Å². The molecule has 2 rings (SSSR count). The van der Waals surface area contributed by atoms with Gasteiger partial charge >= 0.3 is 5.97 Å². The van der Waals surface area contributed by atoms with E-state index in [1.54, 1.807) is 24.3 Å². The molecule has 0 spiro atoms. The maximum absolute atomic E-state index is 12.4. The highest BCUT2D eigenvalue weighted by atomic mass is 35.5. The molecule has 0 saturated heterocycles. The van der Waals surface area contributed by atoms with Gasteiger partial charge in [0, 0.05) is 28.8 Å². The molecule has 7 nitrogen and oxygen atoms in total. The average Bonchev–Trinajstić information content (AvgIpc) is 2.67. The largest absolute Gasteiger partial charge is 0.453 e. The SMILES string of the molecule is CC(=O)Nc1ccc(C(=O)[C@@H](C)OC(=O)[C@H](C)NC(=O)c2ccc(Cl)cc2)cc1. The summed E-state index contributed by atoms with van der Waals surface area (Å²) in [5.41, 5.74) is 1.23. The number of hydrogen-bond acceptors (Lipinski definition) is 5. The first-order valence-corrected chi connectivity index (χ1v) is 9.24. The van der Waals surface area contributed by atoms with E-state index in [1.807, 2.05) is 0 Å². The predicted octanol–water partition coefficient (Wildman–Crippen LogP) is 3.23. The lowest BCUT2D eigenvalue weighted by Gasteiger charge is -2.17. The Morgan fingerprint density at radius 3 is 2.00 bits per heavy atom. The summed E-state index contributed by atoms with van der Waals surface area (Å²) in [7, 11) is 0. The van der Waals surface area contributed by atoms with Gasteiger partial charge in [-0.2, -0.15) is 0 Å². The average molecular weight is 417 g/mol. The molecule has 0 unspecified atom stereocenters. The van der Waals surface area contributed by atoms with Gasteiger partial charge < -0.3 is 15.4 Å². The van der Waals surface area contributed by atoms with Crippen molar-refractivity contribution >= 4 is 40.9 Å². The molecule has 2 amide bonds. The zero-order valence-electron chi connectivity index (χ0n) is 16.2. The monoisotopic (exact) mass is 416 g/mol. The van der Waals surface area contributed by atoms with E-state index in [1.165, 1.54) is 45.0 Å². The van der Waals surface area contributed by atoms with Crippen LogP contribution in [-0.4, -0.2) is 35.7 Å². The maximum Gasteiger partial charge on any atom is 0.329 e. The highest BCUT2D eigenvalue weighted by molar-refractivity contribution is 6.30. The Kier molecular flexibility index (Phi) is 7.50. The minimum atomic E-state index is -1.04. The van der Waals surface area contributed by atoms with Gasteiger partial charge in [0.2, 0.25) is 11.7 Å². The Balaban J connectivity index is 1.92. The minimum absolute atomic E-state index is 0.221. The molecule has 0 heterocycles. The molecule has 8 heteroatoms. The zero-order chi connectivity index (χ0) is 21.6. The molecule has 2 aromatic carbocycles. The van der Waals surface area contributed by atoms with Crippen LogP contribution < -0.4 is 10.6 Å². The maximum atomic E-state index is 12.4. The van der Waals surface area contributed by atoms with Gasteiger partial charge in [0.25, 0.3) is 5.91 Å². The third-order valence-corrected chi connectivity index (χ3v) is 4.21. The highest BCUT2D eigenvalue weighted by Gasteiger charge is 2.24. The molecule has 0 saturated carbocycles. The second-order valence-corrected chi connectivity index (χ2v) is 6.84. The Hall–Kier alpha value is -3.19. The zero-order valence-corrected chi connectivity index (χ0v) is 16.9. The van der Waals surface area contributed by atoms with Gasteiger partial charge in [-0.25, -0.2) is 4.79 Å². The Bertz CT molecular complexity index is 910. The number of Topliss-reactive ketones (excluding diaryl/α,β-unsaturated/α-hetero) is 1. The van der Waals surface area contributed by atoms with E-state index in [2.05, 4.69) is 10.6 Å². The van der Waals surface area contributed by atoms with Crippen LogP contribution in [-0.2, 0) is 14.3 Å². The second kappa shape index (κ2) is 9.84. The van der Waals surface area contributed by atoms with Gasteiger partial charge in [0.05, 0.1) is 0 Å². The van der Waals surface area contributed by atoms with Crippen LogP contribution in [0.25, 0.3) is 0 Å². The van der Waals surface area contributed by atoms with Crippen LogP contribution in [0.2, 0.25) is 5.02 Å². The predicted molar refractivity (Wildman–Crippen MR) is 109 cm³/mol. The Morgan fingerprint density at radius 1 is 0.897 bits per heavy atom. The first-order chi connectivity index (χ1) is 13.7. The van der Waals surface area contributed by atoms with Crippen LogP contribution in [0.5, 0.6) is 0 Å². The third-order valence-electron chi connectivity index (χ3n) is 3.96. The number of esters is 1. The second-order valence-electron chi connectivity index (χ2n) is 6.40. The summed E-state index contributed by atoms with van der Waals surface area (Å²) in [5.74, 6) is -1.81. The van der Waals surface area contributed by atoms with Crippen LogP contribution in [0, 0.1) is 0 Å². The van der Waals surface area contributed by atoms with Crippen molar-refractivity contribution in [2.75, 3.05) is 5.32 Å². The summed E-state index contributed by atoms with van der Waals surface area (Å²) < 4.78 is 5.18. The van der Waals surface area contributed by atoms with Crippen molar-refractivity contribution in [1.82, 2.24) is 5.32 Å². The van der Waals surface area contributed by atoms with E-state index in [0.29, 0.717) is 21.8 Å². The molecule has 29 heavy (non-hydrogen) atoms. The Morgan fingerprint density at radius 2 is 1.45 bits per heavy atom. The summed E-state index contributed by atoms with van der Waals surface area (Å²) >= 11 is 5.78. The number of carbonyl (C=O) groups is 4. The third kappa shape index (κ3) is 6.43. The molecule has 0 bridgehead atoms. The number of halogens is 1. The quantitative estimate of drug-likeness (QED) is 0.533. The molecule has 152 valence electrons. The van der Waals surface area contributed by atoms with Crippen molar-refractivity contribution in [3.8, 4) is 0 Å². The van der Waals surface area contributed by atoms with Gasteiger partial charge in [0.1, 0.15) is 6.04 Å². The minimum Gasteiger partial charge on any atom is -0.453 e. The van der Waals surface area contributed by atoms with E-state index in [-0.39, 0.29) is 5.91 Å². The lowest BCUT2D eigenvalue weighted by atomic mass is 10.1. The normalized spacial score (nSPS) is 12.4. The number of anilines is 1. The van der Waals surface area contributed by atoms with E-state index < -0.39 is 29.8 Å². The smallest absolute Gasteiger partial charge is 0.329 e. The molecule has 2 aromatic rings. The van der Waals surface area contributed by atoms with E-state index in [4.69, 9.17) is 16.3 Å². The summed E-state index contributed by atoms with van der Waals surface area (Å²) in [6, 6.07) is 11.5. The molecule has 2 atom stereocenters. The van der Waals surface area contributed by atoms with Crippen molar-refractivity contribution in [3.63, 3.8) is 0 Å². The number of carbonyl (C=O) groups excluding carboxylic acids is 4. The number of benzene rings is 2. The van der Waals surface area contributed by atoms with Gasteiger partial charge in [-0.3, -0.25) is 14.4 Å². The first-order valence-electron chi connectivity index (χ1n) is 8.86. The van der Waals surface area contributed by atoms with Crippen molar-refractivity contribution < 1.29 is 23.9 Å². The molecular weight excluding hydrogens is 396 g/mol. The molecule has 0 aliphatic heterocycles. The van der Waals surface area contributed by atoms with Crippen molar-refractivity contribution in [3.05, 3.63) is 64.7 Å². The highest BCUT2D eigenvalue weighted by Crippen LogP contribution is 2.13. The fourth-order valence-corrected chi connectivity index (χ4v) is 2.55. The summed E-state index contributed by atoms with van der Waals surface area (Å²) in [6.45, 7) is 4.30. The lowest BCUT2D eigenvalue weighted by Crippen LogP contribution is -2.41. The Labute approximate surface area is 173 Å². The van der Waals surface area contributed by atoms with Gasteiger partial charge in [-0.15, -0.1) is 0 Å². The number of amides is 2. The van der Waals surface area contributed by atoms with Crippen LogP contribution in [0.4, 0.5) is 5.69 Å². The number of hydrogen-bond donors (Lipinski definition) is 2. The van der Waals surface area contributed by atoms with Crippen LogP contribution >= 0.6 is 11.6 Å². The number of ketones is 1. The summed E-state index contributed by atoms with van der Waals surface area (Å²) in [6.07, 6.45) is -1.04. The molecule has 2 N–H and O–H groups in total. The van der Waals surface area contributed by atoms with Gasteiger partial charge in [0.15, 0.2) is 6.10 Å². The van der Waals surface area contributed by atoms with Crippen molar-refractivity contribution in [2.24, 2.45) is 0 Å².